The van der Waals surface area contributed by atoms with Gasteiger partial charge in [0.25, 0.3) is 5.91 Å². The number of hydrogen-bond donors (Lipinski definition) is 3. The topological polar surface area (TPSA) is 115 Å². The summed E-state index contributed by atoms with van der Waals surface area (Å²) in [7, 11) is 3.47. The van der Waals surface area contributed by atoms with Gasteiger partial charge in [0, 0.05) is 28.3 Å². The lowest BCUT2D eigenvalue weighted by atomic mass is 9.40. The molecule has 4 aromatic rings. The fourth-order valence-electron chi connectivity index (χ4n) is 7.09. The number of pyridine rings is 1. The average Bonchev–Trinajstić information content (AvgIpc) is 3.38. The third-order valence-electron chi connectivity index (χ3n) is 9.50. The van der Waals surface area contributed by atoms with Crippen LogP contribution in [0, 0.1) is 11.2 Å². The molecule has 1 amide bonds. The molecule has 13 heteroatoms. The van der Waals surface area contributed by atoms with E-state index in [9.17, 15) is 18.7 Å². The first-order chi connectivity index (χ1) is 19.8. The summed E-state index contributed by atoms with van der Waals surface area (Å²) in [5, 5.41) is 12.5. The van der Waals surface area contributed by atoms with Gasteiger partial charge in [-0.25, -0.2) is 9.37 Å². The fourth-order valence-corrected chi connectivity index (χ4v) is 7.09. The molecule has 2 bridgehead atoms. The van der Waals surface area contributed by atoms with Crippen LogP contribution in [0.1, 0.15) is 65.7 Å². The van der Waals surface area contributed by atoms with Crippen molar-refractivity contribution in [3.63, 3.8) is 0 Å². The molecule has 2 aromatic heterocycles. The molecule has 214 valence electrons. The van der Waals surface area contributed by atoms with Crippen molar-refractivity contribution in [1.29, 1.82) is 0 Å². The number of benzene rings is 2. The number of rotatable bonds is 5. The predicted molar refractivity (Wildman–Crippen MR) is 154 cm³/mol. The van der Waals surface area contributed by atoms with Crippen molar-refractivity contribution < 1.29 is 27.8 Å². The van der Waals surface area contributed by atoms with Crippen LogP contribution >= 0.6 is 0 Å². The Labute approximate surface area is 241 Å². The molecule has 1 saturated carbocycles. The summed E-state index contributed by atoms with van der Waals surface area (Å²) < 4.78 is 48.9. The second-order valence-corrected chi connectivity index (χ2v) is 12.6. The van der Waals surface area contributed by atoms with Crippen LogP contribution in [-0.4, -0.2) is 53.3 Å². The van der Waals surface area contributed by atoms with Crippen molar-refractivity contribution in [1.82, 2.24) is 19.9 Å². The first-order valence-electron chi connectivity index (χ1n) is 13.9. The maximum atomic E-state index is 15.5. The molecule has 0 spiro atoms. The Bertz CT molecular complexity index is 1780. The normalized spacial score (nSPS) is 26.4. The zero-order valence-electron chi connectivity index (χ0n) is 23.3. The second kappa shape index (κ2) is 8.84. The Balaban J connectivity index is 1.28. The number of aromatic nitrogens is 3. The van der Waals surface area contributed by atoms with E-state index in [4.69, 9.17) is 15.5 Å². The van der Waals surface area contributed by atoms with Crippen molar-refractivity contribution >= 4 is 32.6 Å². The van der Waals surface area contributed by atoms with Crippen LogP contribution in [0.15, 0.2) is 48.7 Å². The number of alkyl halides is 2. The van der Waals surface area contributed by atoms with E-state index in [0.29, 0.717) is 52.8 Å². The number of imidazole rings is 1. The lowest BCUT2D eigenvalue weighted by Crippen LogP contribution is -2.64. The van der Waals surface area contributed by atoms with E-state index in [1.165, 1.54) is 18.2 Å². The molecule has 2 aliphatic heterocycles. The van der Waals surface area contributed by atoms with Crippen LogP contribution in [0.25, 0.3) is 22.2 Å². The van der Waals surface area contributed by atoms with Crippen molar-refractivity contribution in [2.45, 2.75) is 55.8 Å². The van der Waals surface area contributed by atoms with E-state index in [2.05, 4.69) is 10.3 Å². The van der Waals surface area contributed by atoms with Crippen LogP contribution in [-0.2, 0) is 5.54 Å². The Morgan fingerprint density at radius 3 is 2.67 bits per heavy atom. The highest BCUT2D eigenvalue weighted by atomic mass is 19.3. The first kappa shape index (κ1) is 27.0. The van der Waals surface area contributed by atoms with Gasteiger partial charge >= 0.3 is 6.61 Å². The first-order valence-corrected chi connectivity index (χ1v) is 13.9. The second-order valence-electron chi connectivity index (χ2n) is 12.6. The van der Waals surface area contributed by atoms with E-state index < -0.39 is 40.9 Å². The molecule has 3 aliphatic rings. The number of ether oxygens (including phenoxy) is 1. The monoisotopic (exact) mass is 573 g/mol. The molecule has 7 rings (SSSR count). The summed E-state index contributed by atoms with van der Waals surface area (Å²) in [5.41, 5.74) is 8.54. The molecule has 0 saturated heterocycles. The molecule has 1 fully saturated rings. The molecule has 4 N–H and O–H groups in total. The number of nitrogens with zero attached hydrogens (tertiary/aromatic N) is 3. The number of carbonyl (C=O) groups excluding carboxylic acids is 1. The molecular formula is C29H28B2F3N5O3. The SMILES string of the molecule is BC(B)(O)C1(C)CC(N)(c2ncc(-c3ccc4nc5n(c4c3)C3CC5NC(=O)c4cccc(OC(F)F)c43)cc2F)C1. The maximum Gasteiger partial charge on any atom is 0.387 e. The summed E-state index contributed by atoms with van der Waals surface area (Å²) in [6.45, 7) is -1.11. The Hall–Kier alpha value is -3.83. The number of carbonyl (C=O) groups is 1. The molecular weight excluding hydrogens is 545 g/mol. The minimum absolute atomic E-state index is 0.0524. The highest BCUT2D eigenvalue weighted by Gasteiger charge is 2.58. The van der Waals surface area contributed by atoms with E-state index in [1.54, 1.807) is 28.0 Å². The van der Waals surface area contributed by atoms with Gasteiger partial charge in [-0.3, -0.25) is 9.78 Å². The van der Waals surface area contributed by atoms with Gasteiger partial charge in [0.15, 0.2) is 0 Å². The van der Waals surface area contributed by atoms with Crippen molar-refractivity contribution in [3.05, 3.63) is 77.1 Å². The highest BCUT2D eigenvalue weighted by molar-refractivity contribution is 6.39. The largest absolute Gasteiger partial charge is 0.434 e. The van der Waals surface area contributed by atoms with Gasteiger partial charge < -0.3 is 25.5 Å². The lowest BCUT2D eigenvalue weighted by Gasteiger charge is -2.58. The van der Waals surface area contributed by atoms with Crippen LogP contribution < -0.4 is 15.8 Å². The molecule has 2 aromatic carbocycles. The number of nitrogens with one attached hydrogen (secondary N) is 1. The molecule has 2 unspecified atom stereocenters. The minimum atomic E-state index is -3.05. The molecule has 1 aliphatic carbocycles. The number of amides is 1. The molecule has 0 radical (unpaired) electrons. The number of nitrogens with two attached hydrogens (primary N) is 1. The summed E-state index contributed by atoms with van der Waals surface area (Å²) in [6.07, 6.45) is 2.82. The van der Waals surface area contributed by atoms with Gasteiger partial charge in [0.1, 0.15) is 33.1 Å². The van der Waals surface area contributed by atoms with Crippen LogP contribution in [0.5, 0.6) is 5.75 Å². The van der Waals surface area contributed by atoms with Crippen molar-refractivity contribution in [2.75, 3.05) is 0 Å². The average molecular weight is 573 g/mol. The predicted octanol–water partition coefficient (Wildman–Crippen LogP) is 2.48. The Morgan fingerprint density at radius 1 is 1.21 bits per heavy atom. The summed E-state index contributed by atoms with van der Waals surface area (Å²) in [5.74, 6) is -0.333. The van der Waals surface area contributed by atoms with Crippen LogP contribution in [0.3, 0.4) is 0 Å². The van der Waals surface area contributed by atoms with Gasteiger partial charge in [-0.1, -0.05) is 19.1 Å². The smallest absolute Gasteiger partial charge is 0.387 e. The third kappa shape index (κ3) is 3.90. The quantitative estimate of drug-likeness (QED) is 0.317. The number of halogens is 3. The van der Waals surface area contributed by atoms with E-state index in [0.717, 1.165) is 0 Å². The zero-order chi connectivity index (χ0) is 29.8. The third-order valence-corrected chi connectivity index (χ3v) is 9.50. The number of hydrogen-bond acceptors (Lipinski definition) is 6. The van der Waals surface area contributed by atoms with Crippen molar-refractivity contribution in [3.8, 4) is 16.9 Å². The summed E-state index contributed by atoms with van der Waals surface area (Å²) in [6, 6.07) is 10.6. The molecule has 4 heterocycles. The number of aliphatic hydroxyl groups is 1. The molecule has 42 heavy (non-hydrogen) atoms. The van der Waals surface area contributed by atoms with Gasteiger partial charge in [-0.15, -0.1) is 0 Å². The fraction of sp³-hybridized carbons (Fsp3) is 0.345. The Kier molecular flexibility index (Phi) is 5.69. The summed E-state index contributed by atoms with van der Waals surface area (Å²) >= 11 is 0. The number of fused-ring (bicyclic) bond motifs is 9. The summed E-state index contributed by atoms with van der Waals surface area (Å²) in [4.78, 5) is 22.2. The minimum Gasteiger partial charge on any atom is -0.434 e. The van der Waals surface area contributed by atoms with E-state index in [-0.39, 0.29) is 22.9 Å². The van der Waals surface area contributed by atoms with Gasteiger partial charge in [-0.05, 0) is 60.6 Å². The molecule has 2 atom stereocenters. The van der Waals surface area contributed by atoms with E-state index >= 15 is 4.39 Å². The van der Waals surface area contributed by atoms with Crippen LogP contribution in [0.2, 0.25) is 0 Å². The standard InChI is InChI=1S/C29H28B2F3N5O3/c1-27(29(30,31)41)11-28(35,12-27)23-16(32)7-14(10-36-23)13-5-6-17-19(8-13)39-20-9-18(24(39)37-17)38-25(40)15-3-2-4-21(22(15)20)42-26(33)34/h2-8,10,18,20,26,41H,9,11-12,30-31,35H2,1H3,(H,38,40). The van der Waals surface area contributed by atoms with Gasteiger partial charge in [0.2, 0.25) is 0 Å². The molecule has 8 nitrogen and oxygen atoms in total. The van der Waals surface area contributed by atoms with Gasteiger partial charge in [-0.2, -0.15) is 8.78 Å². The maximum absolute atomic E-state index is 15.5. The lowest BCUT2D eigenvalue weighted by molar-refractivity contribution is -0.0583. The van der Waals surface area contributed by atoms with Crippen molar-refractivity contribution in [2.24, 2.45) is 11.1 Å². The van der Waals surface area contributed by atoms with Crippen LogP contribution in [0.4, 0.5) is 13.2 Å². The highest BCUT2D eigenvalue weighted by Crippen LogP contribution is 2.56. The van der Waals surface area contributed by atoms with E-state index in [1.807, 2.05) is 29.7 Å². The van der Waals surface area contributed by atoms with Gasteiger partial charge in [0.05, 0.1) is 34.3 Å². The Morgan fingerprint density at radius 2 is 1.98 bits per heavy atom. The zero-order valence-corrected chi connectivity index (χ0v) is 23.3.